The van der Waals surface area contributed by atoms with Crippen molar-refractivity contribution in [2.75, 3.05) is 6.54 Å². The molecule has 0 atom stereocenters. The van der Waals surface area contributed by atoms with E-state index >= 15 is 0 Å². The summed E-state index contributed by atoms with van der Waals surface area (Å²) in [4.78, 5) is 16.9. The highest BCUT2D eigenvalue weighted by Crippen LogP contribution is 2.08. The van der Waals surface area contributed by atoms with E-state index in [0.717, 1.165) is 6.42 Å². The van der Waals surface area contributed by atoms with Crippen LogP contribution in [0, 0.1) is 0 Å². The van der Waals surface area contributed by atoms with Gasteiger partial charge in [-0.2, -0.15) is 0 Å². The van der Waals surface area contributed by atoms with Gasteiger partial charge in [-0.3, -0.25) is 9.78 Å². The molecule has 0 radical (unpaired) electrons. The Morgan fingerprint density at radius 1 is 1.31 bits per heavy atom. The summed E-state index contributed by atoms with van der Waals surface area (Å²) in [7, 11) is 0. The van der Waals surface area contributed by atoms with Gasteiger partial charge in [-0.15, -0.1) is 11.3 Å². The van der Waals surface area contributed by atoms with E-state index in [1.807, 2.05) is 11.4 Å². The topological polar surface area (TPSA) is 42.0 Å². The van der Waals surface area contributed by atoms with Crippen LogP contribution in [0.1, 0.15) is 15.4 Å². The van der Waals surface area contributed by atoms with Crippen LogP contribution in [0.2, 0.25) is 0 Å². The van der Waals surface area contributed by atoms with Crippen molar-refractivity contribution in [2.45, 2.75) is 6.42 Å². The van der Waals surface area contributed by atoms with Crippen molar-refractivity contribution in [1.29, 1.82) is 0 Å². The summed E-state index contributed by atoms with van der Waals surface area (Å²) in [6.07, 6.45) is 2.49. The smallest absolute Gasteiger partial charge is 0.269 e. The molecule has 0 aliphatic carbocycles. The average Bonchev–Trinajstić information content (AvgIpc) is 2.83. The van der Waals surface area contributed by atoms with E-state index in [-0.39, 0.29) is 5.91 Å². The molecule has 0 fully saturated rings. The first-order valence-corrected chi connectivity index (χ1v) is 5.96. The summed E-state index contributed by atoms with van der Waals surface area (Å²) in [6.45, 7) is 0.649. The van der Waals surface area contributed by atoms with E-state index in [1.165, 1.54) is 4.88 Å². The molecule has 3 nitrogen and oxygen atoms in total. The summed E-state index contributed by atoms with van der Waals surface area (Å²) in [5.74, 6) is -0.114. The second kappa shape index (κ2) is 5.42. The summed E-state index contributed by atoms with van der Waals surface area (Å²) in [5, 5.41) is 4.88. The molecule has 0 aliphatic heterocycles. The third-order valence-electron chi connectivity index (χ3n) is 2.13. The van der Waals surface area contributed by atoms with Crippen LogP contribution >= 0.6 is 11.3 Å². The standard InChI is InChI=1S/C12H12N2OS/c15-12(11-5-1-2-7-13-11)14-8-6-10-4-3-9-16-10/h1-5,7,9H,6,8H2,(H,14,15). The van der Waals surface area contributed by atoms with Crippen LogP contribution in [0.4, 0.5) is 0 Å². The Kier molecular flexibility index (Phi) is 3.66. The zero-order chi connectivity index (χ0) is 11.2. The lowest BCUT2D eigenvalue weighted by molar-refractivity contribution is 0.0949. The van der Waals surface area contributed by atoms with Gasteiger partial charge in [0.25, 0.3) is 5.91 Å². The largest absolute Gasteiger partial charge is 0.350 e. The zero-order valence-electron chi connectivity index (χ0n) is 8.72. The van der Waals surface area contributed by atoms with E-state index in [4.69, 9.17) is 0 Å². The van der Waals surface area contributed by atoms with Crippen molar-refractivity contribution < 1.29 is 4.79 Å². The van der Waals surface area contributed by atoms with Crippen LogP contribution < -0.4 is 5.32 Å². The van der Waals surface area contributed by atoms with Crippen molar-refractivity contribution in [2.24, 2.45) is 0 Å². The lowest BCUT2D eigenvalue weighted by atomic mass is 10.3. The summed E-state index contributed by atoms with van der Waals surface area (Å²) >= 11 is 1.70. The van der Waals surface area contributed by atoms with Gasteiger partial charge in [0.1, 0.15) is 5.69 Å². The maximum atomic E-state index is 11.6. The number of nitrogens with zero attached hydrogens (tertiary/aromatic N) is 1. The molecular formula is C12H12N2OS. The normalized spacial score (nSPS) is 10.0. The highest BCUT2D eigenvalue weighted by Gasteiger charge is 2.04. The molecule has 0 aromatic carbocycles. The number of hydrogen-bond donors (Lipinski definition) is 1. The zero-order valence-corrected chi connectivity index (χ0v) is 9.54. The van der Waals surface area contributed by atoms with Crippen LogP contribution in [0.25, 0.3) is 0 Å². The van der Waals surface area contributed by atoms with Crippen molar-refractivity contribution in [3.8, 4) is 0 Å². The van der Waals surface area contributed by atoms with Gasteiger partial charge in [0.15, 0.2) is 0 Å². The lowest BCUT2D eigenvalue weighted by Crippen LogP contribution is -2.26. The van der Waals surface area contributed by atoms with Gasteiger partial charge in [-0.25, -0.2) is 0 Å². The first kappa shape index (κ1) is 10.8. The average molecular weight is 232 g/mol. The van der Waals surface area contributed by atoms with Crippen LogP contribution in [0.15, 0.2) is 41.9 Å². The molecule has 2 aromatic rings. The van der Waals surface area contributed by atoms with Crippen molar-refractivity contribution in [1.82, 2.24) is 10.3 Å². The summed E-state index contributed by atoms with van der Waals surface area (Å²) in [5.41, 5.74) is 0.466. The van der Waals surface area contributed by atoms with Gasteiger partial charge < -0.3 is 5.32 Å². The predicted octanol–water partition coefficient (Wildman–Crippen LogP) is 2.12. The Hall–Kier alpha value is -1.68. The number of thiophene rings is 1. The van der Waals surface area contributed by atoms with Crippen LogP contribution in [0.5, 0.6) is 0 Å². The van der Waals surface area contributed by atoms with Crippen LogP contribution in [-0.2, 0) is 6.42 Å². The molecule has 0 saturated heterocycles. The fraction of sp³-hybridized carbons (Fsp3) is 0.167. The number of amides is 1. The molecule has 2 rings (SSSR count). The maximum Gasteiger partial charge on any atom is 0.269 e. The quantitative estimate of drug-likeness (QED) is 0.877. The Bertz CT molecular complexity index is 439. The number of aromatic nitrogens is 1. The predicted molar refractivity (Wildman–Crippen MR) is 64.6 cm³/mol. The summed E-state index contributed by atoms with van der Waals surface area (Å²) < 4.78 is 0. The molecule has 0 unspecified atom stereocenters. The minimum Gasteiger partial charge on any atom is -0.350 e. The minimum absolute atomic E-state index is 0.114. The molecule has 1 amide bonds. The number of nitrogens with one attached hydrogen (secondary N) is 1. The third-order valence-corrected chi connectivity index (χ3v) is 3.07. The number of rotatable bonds is 4. The molecule has 4 heteroatoms. The van der Waals surface area contributed by atoms with Gasteiger partial charge in [0.05, 0.1) is 0 Å². The van der Waals surface area contributed by atoms with E-state index in [1.54, 1.807) is 35.7 Å². The molecule has 0 spiro atoms. The lowest BCUT2D eigenvalue weighted by Gasteiger charge is -2.02. The molecule has 0 saturated carbocycles. The van der Waals surface area contributed by atoms with Gasteiger partial charge >= 0.3 is 0 Å². The Balaban J connectivity index is 1.81. The SMILES string of the molecule is O=C(NCCc1cccs1)c1ccccn1. The first-order valence-electron chi connectivity index (χ1n) is 5.08. The highest BCUT2D eigenvalue weighted by molar-refractivity contribution is 7.09. The van der Waals surface area contributed by atoms with E-state index in [0.29, 0.717) is 12.2 Å². The van der Waals surface area contributed by atoms with Crippen LogP contribution in [0.3, 0.4) is 0 Å². The van der Waals surface area contributed by atoms with E-state index < -0.39 is 0 Å². The number of carbonyl (C=O) groups excluding carboxylic acids is 1. The molecule has 1 N–H and O–H groups in total. The van der Waals surface area contributed by atoms with Crippen molar-refractivity contribution >= 4 is 17.2 Å². The van der Waals surface area contributed by atoms with Gasteiger partial charge in [0, 0.05) is 17.6 Å². The van der Waals surface area contributed by atoms with Gasteiger partial charge in [0.2, 0.25) is 0 Å². The Morgan fingerprint density at radius 3 is 2.94 bits per heavy atom. The fourth-order valence-electron chi connectivity index (χ4n) is 1.34. The Labute approximate surface area is 98.2 Å². The molecule has 0 aliphatic rings. The second-order valence-corrected chi connectivity index (χ2v) is 4.33. The molecular weight excluding hydrogens is 220 g/mol. The third kappa shape index (κ3) is 2.90. The monoisotopic (exact) mass is 232 g/mol. The second-order valence-electron chi connectivity index (χ2n) is 3.30. The molecule has 16 heavy (non-hydrogen) atoms. The molecule has 2 aromatic heterocycles. The maximum absolute atomic E-state index is 11.6. The van der Waals surface area contributed by atoms with Crippen molar-refractivity contribution in [3.63, 3.8) is 0 Å². The minimum atomic E-state index is -0.114. The van der Waals surface area contributed by atoms with Gasteiger partial charge in [-0.05, 0) is 30.0 Å². The number of pyridine rings is 1. The van der Waals surface area contributed by atoms with E-state index in [2.05, 4.69) is 16.4 Å². The van der Waals surface area contributed by atoms with Crippen LogP contribution in [-0.4, -0.2) is 17.4 Å². The fourth-order valence-corrected chi connectivity index (χ4v) is 2.05. The molecule has 0 bridgehead atoms. The summed E-state index contributed by atoms with van der Waals surface area (Å²) in [6, 6.07) is 9.39. The van der Waals surface area contributed by atoms with E-state index in [9.17, 15) is 4.79 Å². The Morgan fingerprint density at radius 2 is 2.25 bits per heavy atom. The molecule has 82 valence electrons. The number of carbonyl (C=O) groups is 1. The first-order chi connectivity index (χ1) is 7.86. The molecule has 2 heterocycles. The van der Waals surface area contributed by atoms with Gasteiger partial charge in [-0.1, -0.05) is 12.1 Å². The highest BCUT2D eigenvalue weighted by atomic mass is 32.1. The van der Waals surface area contributed by atoms with Crippen molar-refractivity contribution in [3.05, 3.63) is 52.5 Å². The number of hydrogen-bond acceptors (Lipinski definition) is 3.